The molecule has 0 amide bonds. The molecule has 4 nitrogen and oxygen atoms in total. The lowest BCUT2D eigenvalue weighted by Gasteiger charge is -1.94. The van der Waals surface area contributed by atoms with Crippen LogP contribution in [0.2, 0.25) is 0 Å². The van der Waals surface area contributed by atoms with Gasteiger partial charge in [-0.2, -0.15) is 0 Å². The van der Waals surface area contributed by atoms with E-state index in [1.54, 1.807) is 0 Å². The van der Waals surface area contributed by atoms with Crippen molar-refractivity contribution in [2.24, 2.45) is 0 Å². The molecule has 2 rings (SSSR count). The van der Waals surface area contributed by atoms with Gasteiger partial charge in [0.15, 0.2) is 11.6 Å². The number of halogens is 2. The van der Waals surface area contributed by atoms with Gasteiger partial charge in [0, 0.05) is 23.2 Å². The third kappa shape index (κ3) is 1.65. The number of fused-ring (bicyclic) bond motifs is 1. The Kier molecular flexibility index (Phi) is 2.40. The molecule has 0 aliphatic rings. The van der Waals surface area contributed by atoms with Crippen LogP contribution in [0.5, 0.6) is 0 Å². The summed E-state index contributed by atoms with van der Waals surface area (Å²) in [6.07, 6.45) is 3.34. The van der Waals surface area contributed by atoms with Crippen LogP contribution < -0.4 is 0 Å². The van der Waals surface area contributed by atoms with Crippen molar-refractivity contribution in [1.82, 2.24) is 4.98 Å². The van der Waals surface area contributed by atoms with Crippen LogP contribution in [0.3, 0.4) is 0 Å². The second kappa shape index (κ2) is 3.73. The SMILES string of the molecule is O=[N+]([O-])/C=C/c1c[nH]c2c(F)c(F)ccc12. The van der Waals surface area contributed by atoms with Crippen LogP contribution >= 0.6 is 0 Å². The fourth-order valence-electron chi connectivity index (χ4n) is 1.44. The summed E-state index contributed by atoms with van der Waals surface area (Å²) in [6.45, 7) is 0. The highest BCUT2D eigenvalue weighted by molar-refractivity contribution is 5.89. The highest BCUT2D eigenvalue weighted by Gasteiger charge is 2.10. The van der Waals surface area contributed by atoms with Gasteiger partial charge in [0.25, 0.3) is 0 Å². The van der Waals surface area contributed by atoms with Crippen LogP contribution in [0.1, 0.15) is 5.56 Å². The van der Waals surface area contributed by atoms with Gasteiger partial charge < -0.3 is 4.98 Å². The summed E-state index contributed by atoms with van der Waals surface area (Å²) in [5, 5.41) is 10.5. The van der Waals surface area contributed by atoms with Gasteiger partial charge in [0.05, 0.1) is 10.4 Å². The first-order valence-corrected chi connectivity index (χ1v) is 4.36. The van der Waals surface area contributed by atoms with E-state index in [9.17, 15) is 18.9 Å². The Labute approximate surface area is 88.3 Å². The van der Waals surface area contributed by atoms with Crippen molar-refractivity contribution in [2.75, 3.05) is 0 Å². The van der Waals surface area contributed by atoms with Gasteiger partial charge in [-0.3, -0.25) is 10.1 Å². The highest BCUT2D eigenvalue weighted by atomic mass is 19.2. The van der Waals surface area contributed by atoms with Gasteiger partial charge in [-0.05, 0) is 12.1 Å². The summed E-state index contributed by atoms with van der Waals surface area (Å²) in [6, 6.07) is 2.35. The number of nitro groups is 1. The third-order valence-corrected chi connectivity index (χ3v) is 2.15. The quantitative estimate of drug-likeness (QED) is 0.629. The first-order chi connectivity index (χ1) is 7.59. The average molecular weight is 224 g/mol. The monoisotopic (exact) mass is 224 g/mol. The first kappa shape index (κ1) is 10.3. The fraction of sp³-hybridized carbons (Fsp3) is 0. The lowest BCUT2D eigenvalue weighted by Crippen LogP contribution is -1.85. The van der Waals surface area contributed by atoms with Gasteiger partial charge in [-0.1, -0.05) is 0 Å². The smallest absolute Gasteiger partial charge is 0.235 e. The van der Waals surface area contributed by atoms with E-state index in [1.165, 1.54) is 18.3 Å². The van der Waals surface area contributed by atoms with E-state index in [0.717, 1.165) is 12.3 Å². The summed E-state index contributed by atoms with van der Waals surface area (Å²) in [5.41, 5.74) is 0.439. The number of nitrogens with one attached hydrogen (secondary N) is 1. The molecular weight excluding hydrogens is 218 g/mol. The second-order valence-corrected chi connectivity index (χ2v) is 3.13. The number of aromatic amines is 1. The molecule has 0 atom stereocenters. The van der Waals surface area contributed by atoms with Gasteiger partial charge >= 0.3 is 0 Å². The van der Waals surface area contributed by atoms with E-state index in [1.807, 2.05) is 0 Å². The summed E-state index contributed by atoms with van der Waals surface area (Å²) in [5.74, 6) is -1.95. The van der Waals surface area contributed by atoms with Crippen LogP contribution in [-0.4, -0.2) is 9.91 Å². The Morgan fingerprint density at radius 3 is 2.81 bits per heavy atom. The van der Waals surface area contributed by atoms with Crippen LogP contribution in [0.25, 0.3) is 17.0 Å². The Morgan fingerprint density at radius 1 is 1.38 bits per heavy atom. The standard InChI is InChI=1S/C10H6F2N2O2/c11-8-2-1-7-6(3-4-14(15)16)5-13-10(7)9(8)12/h1-5,13H/b4-3+. The number of aromatic nitrogens is 1. The van der Waals surface area contributed by atoms with E-state index in [-0.39, 0.29) is 5.52 Å². The molecule has 82 valence electrons. The molecule has 16 heavy (non-hydrogen) atoms. The largest absolute Gasteiger partial charge is 0.358 e. The molecule has 0 bridgehead atoms. The van der Waals surface area contributed by atoms with E-state index in [4.69, 9.17) is 0 Å². The number of nitrogens with zero attached hydrogens (tertiary/aromatic N) is 1. The maximum atomic E-state index is 13.2. The number of hydrogen-bond donors (Lipinski definition) is 1. The second-order valence-electron chi connectivity index (χ2n) is 3.13. The van der Waals surface area contributed by atoms with Crippen molar-refractivity contribution in [3.8, 4) is 0 Å². The van der Waals surface area contributed by atoms with Crippen LogP contribution in [-0.2, 0) is 0 Å². The molecule has 0 spiro atoms. The first-order valence-electron chi connectivity index (χ1n) is 4.36. The van der Waals surface area contributed by atoms with Crippen molar-refractivity contribution in [3.63, 3.8) is 0 Å². The van der Waals surface area contributed by atoms with E-state index < -0.39 is 16.6 Å². The van der Waals surface area contributed by atoms with E-state index >= 15 is 0 Å². The van der Waals surface area contributed by atoms with Crippen molar-refractivity contribution < 1.29 is 13.7 Å². The van der Waals surface area contributed by atoms with E-state index in [2.05, 4.69) is 4.98 Å². The predicted octanol–water partition coefficient (Wildman–Crippen LogP) is 2.69. The molecule has 0 saturated carbocycles. The average Bonchev–Trinajstić information content (AvgIpc) is 2.64. The van der Waals surface area contributed by atoms with Crippen LogP contribution in [0.15, 0.2) is 24.5 Å². The molecule has 1 aromatic heterocycles. The summed E-state index contributed by atoms with van der Waals surface area (Å²) in [7, 11) is 0. The predicted molar refractivity (Wildman–Crippen MR) is 54.2 cm³/mol. The molecule has 0 saturated heterocycles. The Morgan fingerprint density at radius 2 is 2.12 bits per heavy atom. The molecule has 0 aliphatic heterocycles. The molecule has 1 aromatic carbocycles. The molecule has 0 radical (unpaired) electrons. The normalized spacial score (nSPS) is 11.4. The Bertz CT molecular complexity index is 590. The topological polar surface area (TPSA) is 58.9 Å². The zero-order valence-electron chi connectivity index (χ0n) is 7.91. The van der Waals surface area contributed by atoms with Crippen molar-refractivity contribution in [3.05, 3.63) is 51.8 Å². The van der Waals surface area contributed by atoms with Crippen molar-refractivity contribution in [1.29, 1.82) is 0 Å². The zero-order chi connectivity index (χ0) is 11.7. The fourth-order valence-corrected chi connectivity index (χ4v) is 1.44. The zero-order valence-corrected chi connectivity index (χ0v) is 7.91. The van der Waals surface area contributed by atoms with Crippen molar-refractivity contribution in [2.45, 2.75) is 0 Å². The number of benzene rings is 1. The minimum atomic E-state index is -0.988. The number of hydrogen-bond acceptors (Lipinski definition) is 2. The lowest BCUT2D eigenvalue weighted by molar-refractivity contribution is -0.400. The molecule has 0 fully saturated rings. The molecule has 6 heteroatoms. The Balaban J connectivity index is 2.58. The van der Waals surface area contributed by atoms with Crippen molar-refractivity contribution >= 4 is 17.0 Å². The van der Waals surface area contributed by atoms with Crippen LogP contribution in [0, 0.1) is 21.7 Å². The highest BCUT2D eigenvalue weighted by Crippen LogP contribution is 2.23. The minimum absolute atomic E-state index is 0.00278. The molecule has 0 unspecified atom stereocenters. The van der Waals surface area contributed by atoms with E-state index in [0.29, 0.717) is 10.9 Å². The molecule has 2 aromatic rings. The molecule has 0 aliphatic carbocycles. The third-order valence-electron chi connectivity index (χ3n) is 2.15. The summed E-state index contributed by atoms with van der Waals surface area (Å²) >= 11 is 0. The van der Waals surface area contributed by atoms with Gasteiger partial charge in [0.1, 0.15) is 0 Å². The van der Waals surface area contributed by atoms with Crippen LogP contribution in [0.4, 0.5) is 8.78 Å². The van der Waals surface area contributed by atoms with Gasteiger partial charge in [0.2, 0.25) is 6.20 Å². The van der Waals surface area contributed by atoms with Gasteiger partial charge in [-0.15, -0.1) is 0 Å². The summed E-state index contributed by atoms with van der Waals surface area (Å²) in [4.78, 5) is 12.0. The summed E-state index contributed by atoms with van der Waals surface area (Å²) < 4.78 is 26.1. The molecule has 1 N–H and O–H groups in total. The maximum Gasteiger partial charge on any atom is 0.235 e. The Hall–Kier alpha value is -2.24. The maximum absolute atomic E-state index is 13.2. The lowest BCUT2D eigenvalue weighted by atomic mass is 10.1. The number of rotatable bonds is 2. The number of H-pyrrole nitrogens is 1. The van der Waals surface area contributed by atoms with Gasteiger partial charge in [-0.25, -0.2) is 8.78 Å². The molecular formula is C10H6F2N2O2. The molecule has 1 heterocycles. The minimum Gasteiger partial charge on any atom is -0.358 e.